The maximum absolute atomic E-state index is 11.0. The molecule has 14 heavy (non-hydrogen) atoms. The van der Waals surface area contributed by atoms with E-state index in [4.69, 9.17) is 14.7 Å². The summed E-state index contributed by atoms with van der Waals surface area (Å²) in [5.41, 5.74) is 0. The first-order valence-corrected chi connectivity index (χ1v) is 4.02. The van der Waals surface area contributed by atoms with Crippen molar-refractivity contribution in [1.29, 1.82) is 0 Å². The van der Waals surface area contributed by atoms with E-state index in [9.17, 15) is 9.90 Å². The molecule has 1 saturated heterocycles. The molecule has 1 unspecified atom stereocenters. The molecule has 0 aromatic heterocycles. The third kappa shape index (κ3) is 3.56. The van der Waals surface area contributed by atoms with Crippen LogP contribution in [0, 0.1) is 0 Å². The first-order valence-electron chi connectivity index (χ1n) is 4.02. The smallest absolute Gasteiger partial charge is 0.313 e. The summed E-state index contributed by atoms with van der Waals surface area (Å²) in [5, 5.41) is 17.8. The average molecular weight is 208 g/mol. The van der Waals surface area contributed by atoms with Crippen molar-refractivity contribution in [1.82, 2.24) is 0 Å². The number of hydrogen-bond donors (Lipinski definition) is 2. The molecule has 1 heterocycles. The predicted octanol–water partition coefficient (Wildman–Crippen LogP) is -0.550. The summed E-state index contributed by atoms with van der Waals surface area (Å²) < 4.78 is 14.1. The summed E-state index contributed by atoms with van der Waals surface area (Å²) in [6, 6.07) is 0. The fraction of sp³-hybridized carbons (Fsp3) is 0.857. The van der Waals surface area contributed by atoms with Crippen LogP contribution in [0.2, 0.25) is 0 Å². The van der Waals surface area contributed by atoms with Crippen molar-refractivity contribution >= 4 is 5.97 Å². The van der Waals surface area contributed by atoms with Crippen LogP contribution in [0.4, 0.5) is 0 Å². The molecule has 1 aliphatic heterocycles. The second-order valence-electron chi connectivity index (χ2n) is 2.81. The van der Waals surface area contributed by atoms with Crippen LogP contribution in [0.1, 0.15) is 12.8 Å². The van der Waals surface area contributed by atoms with Gasteiger partial charge in [-0.15, -0.1) is 0 Å². The van der Waals surface area contributed by atoms with Crippen molar-refractivity contribution in [2.45, 2.75) is 18.6 Å². The van der Waals surface area contributed by atoms with E-state index in [0.29, 0.717) is 0 Å². The van der Waals surface area contributed by atoms with Gasteiger partial charge in [-0.2, -0.15) is 0 Å². The van der Waals surface area contributed by atoms with Gasteiger partial charge in [-0.05, 0) is 0 Å². The topological polar surface area (TPSA) is 94.5 Å². The number of carbonyl (C=O) groups excluding carboxylic acids is 1. The minimum atomic E-state index is -1.71. The van der Waals surface area contributed by atoms with Crippen molar-refractivity contribution < 1.29 is 34.3 Å². The third-order valence-corrected chi connectivity index (χ3v) is 1.72. The lowest BCUT2D eigenvalue weighted by atomic mass is 10.1. The largest absolute Gasteiger partial charge is 0.438 e. The molecule has 0 radical (unpaired) electrons. The SMILES string of the molecule is O=C1CC(O)(CCOO)OCOCO1. The molecule has 1 rings (SSSR count). The van der Waals surface area contributed by atoms with Crippen molar-refractivity contribution in [2.24, 2.45) is 0 Å². The first-order chi connectivity index (χ1) is 6.66. The second kappa shape index (κ2) is 5.23. The van der Waals surface area contributed by atoms with Crippen LogP contribution in [0.15, 0.2) is 0 Å². The van der Waals surface area contributed by atoms with E-state index >= 15 is 0 Å². The summed E-state index contributed by atoms with van der Waals surface area (Å²) >= 11 is 0. The van der Waals surface area contributed by atoms with E-state index in [-0.39, 0.29) is 33.0 Å². The molecule has 0 spiro atoms. The highest BCUT2D eigenvalue weighted by molar-refractivity contribution is 5.70. The summed E-state index contributed by atoms with van der Waals surface area (Å²) in [7, 11) is 0. The lowest BCUT2D eigenvalue weighted by Crippen LogP contribution is -2.39. The quantitative estimate of drug-likeness (QED) is 0.365. The van der Waals surface area contributed by atoms with E-state index in [0.717, 1.165) is 0 Å². The third-order valence-electron chi connectivity index (χ3n) is 1.72. The van der Waals surface area contributed by atoms with Crippen molar-refractivity contribution in [2.75, 3.05) is 20.2 Å². The molecular formula is C7H12O7. The molecule has 0 aliphatic carbocycles. The van der Waals surface area contributed by atoms with Gasteiger partial charge in [0, 0.05) is 6.42 Å². The molecule has 82 valence electrons. The summed E-state index contributed by atoms with van der Waals surface area (Å²) in [5.74, 6) is -2.34. The van der Waals surface area contributed by atoms with Gasteiger partial charge in [-0.1, -0.05) is 0 Å². The molecule has 0 aromatic carbocycles. The lowest BCUT2D eigenvalue weighted by Gasteiger charge is -2.28. The van der Waals surface area contributed by atoms with Gasteiger partial charge in [0.15, 0.2) is 19.4 Å². The molecule has 1 fully saturated rings. The maximum atomic E-state index is 11.0. The fourth-order valence-corrected chi connectivity index (χ4v) is 0.986. The summed E-state index contributed by atoms with van der Waals surface area (Å²) in [6.45, 7) is -0.523. The normalized spacial score (nSPS) is 29.1. The Morgan fingerprint density at radius 1 is 1.50 bits per heavy atom. The van der Waals surface area contributed by atoms with Crippen LogP contribution in [0.3, 0.4) is 0 Å². The fourth-order valence-electron chi connectivity index (χ4n) is 0.986. The van der Waals surface area contributed by atoms with Gasteiger partial charge < -0.3 is 19.3 Å². The van der Waals surface area contributed by atoms with Gasteiger partial charge in [0.05, 0.1) is 13.0 Å². The Morgan fingerprint density at radius 3 is 3.00 bits per heavy atom. The lowest BCUT2D eigenvalue weighted by molar-refractivity contribution is -0.302. The van der Waals surface area contributed by atoms with Crippen LogP contribution in [0.25, 0.3) is 0 Å². The second-order valence-corrected chi connectivity index (χ2v) is 2.81. The number of aliphatic hydroxyl groups is 1. The van der Waals surface area contributed by atoms with Gasteiger partial charge in [-0.25, -0.2) is 4.89 Å². The van der Waals surface area contributed by atoms with Gasteiger partial charge in [0.2, 0.25) is 0 Å². The Bertz CT molecular complexity index is 190. The number of cyclic esters (lactones) is 1. The molecule has 7 heteroatoms. The molecule has 0 saturated carbocycles. The summed E-state index contributed by atoms with van der Waals surface area (Å²) in [4.78, 5) is 14.8. The monoisotopic (exact) mass is 208 g/mol. The minimum absolute atomic E-state index is 0.0536. The van der Waals surface area contributed by atoms with Crippen molar-refractivity contribution in [3.8, 4) is 0 Å². The molecule has 0 aromatic rings. The highest BCUT2D eigenvalue weighted by Gasteiger charge is 2.33. The van der Waals surface area contributed by atoms with Crippen LogP contribution in [-0.2, 0) is 23.9 Å². The standard InChI is InChI=1S/C7H12O7/c8-6-3-7(9,1-2-14-10)13-5-11-4-12-6/h9-10H,1-5H2. The van der Waals surface area contributed by atoms with Gasteiger partial charge >= 0.3 is 5.97 Å². The molecule has 2 N–H and O–H groups in total. The van der Waals surface area contributed by atoms with E-state index in [1.54, 1.807) is 0 Å². The number of rotatable bonds is 3. The number of esters is 1. The van der Waals surface area contributed by atoms with Crippen molar-refractivity contribution in [3.05, 3.63) is 0 Å². The van der Waals surface area contributed by atoms with Crippen LogP contribution < -0.4 is 0 Å². The zero-order valence-corrected chi connectivity index (χ0v) is 7.47. The zero-order chi connectivity index (χ0) is 10.4. The van der Waals surface area contributed by atoms with Crippen LogP contribution >= 0.6 is 0 Å². The van der Waals surface area contributed by atoms with Gasteiger partial charge in [0.1, 0.15) is 0 Å². The van der Waals surface area contributed by atoms with E-state index < -0.39 is 11.8 Å². The van der Waals surface area contributed by atoms with E-state index in [1.165, 1.54) is 0 Å². The predicted molar refractivity (Wildman–Crippen MR) is 40.8 cm³/mol. The Hall–Kier alpha value is -0.730. The van der Waals surface area contributed by atoms with Gasteiger partial charge in [0.25, 0.3) is 0 Å². The van der Waals surface area contributed by atoms with E-state index in [2.05, 4.69) is 9.62 Å². The Balaban J connectivity index is 2.48. The number of ether oxygens (including phenoxy) is 3. The maximum Gasteiger partial charge on any atom is 0.313 e. The Kier molecular flexibility index (Phi) is 4.23. The number of hydrogen-bond acceptors (Lipinski definition) is 7. The molecule has 7 nitrogen and oxygen atoms in total. The minimum Gasteiger partial charge on any atom is -0.438 e. The number of carbonyl (C=O) groups is 1. The average Bonchev–Trinajstić information content (AvgIpc) is 2.11. The molecule has 0 amide bonds. The molecule has 1 aliphatic rings. The van der Waals surface area contributed by atoms with Gasteiger partial charge in [-0.3, -0.25) is 10.1 Å². The van der Waals surface area contributed by atoms with Crippen LogP contribution in [0.5, 0.6) is 0 Å². The molecule has 0 bridgehead atoms. The van der Waals surface area contributed by atoms with E-state index in [1.807, 2.05) is 0 Å². The van der Waals surface area contributed by atoms with Crippen LogP contribution in [-0.4, -0.2) is 42.3 Å². The molecular weight excluding hydrogens is 196 g/mol. The highest BCUT2D eigenvalue weighted by atomic mass is 17.1. The Morgan fingerprint density at radius 2 is 2.29 bits per heavy atom. The Labute approximate surface area is 80.1 Å². The highest BCUT2D eigenvalue weighted by Crippen LogP contribution is 2.19. The molecule has 1 atom stereocenters. The van der Waals surface area contributed by atoms with Crippen molar-refractivity contribution in [3.63, 3.8) is 0 Å². The summed E-state index contributed by atoms with van der Waals surface area (Å²) in [6.07, 6.45) is -0.373. The first kappa shape index (κ1) is 11.3. The zero-order valence-electron chi connectivity index (χ0n) is 7.47.